The maximum atomic E-state index is 14.2. The van der Waals surface area contributed by atoms with E-state index < -0.39 is 5.67 Å². The van der Waals surface area contributed by atoms with Crippen molar-refractivity contribution in [2.75, 3.05) is 5.73 Å². The molecule has 13 heavy (non-hydrogen) atoms. The molecule has 1 aliphatic carbocycles. The molecule has 0 bridgehead atoms. The molecule has 2 rings (SSSR count). The molecular weight excluding hydrogens is 165 g/mol. The van der Waals surface area contributed by atoms with E-state index in [4.69, 9.17) is 5.73 Å². The second-order valence-electron chi connectivity index (χ2n) is 3.94. The van der Waals surface area contributed by atoms with E-state index in [-0.39, 0.29) is 5.92 Å². The minimum Gasteiger partial charge on any atom is -0.398 e. The molecule has 0 aromatic heterocycles. The van der Waals surface area contributed by atoms with Crippen molar-refractivity contribution in [1.29, 1.82) is 0 Å². The lowest BCUT2D eigenvalue weighted by Crippen LogP contribution is -2.19. The molecule has 0 radical (unpaired) electrons. The van der Waals surface area contributed by atoms with Crippen LogP contribution in [0, 0.1) is 5.92 Å². The normalized spacial score (nSPS) is 21.1. The average molecular weight is 179 g/mol. The monoisotopic (exact) mass is 179 g/mol. The highest BCUT2D eigenvalue weighted by atomic mass is 19.1. The lowest BCUT2D eigenvalue weighted by atomic mass is 9.91. The Morgan fingerprint density at radius 3 is 2.54 bits per heavy atom. The number of benzene rings is 1. The van der Waals surface area contributed by atoms with Crippen molar-refractivity contribution < 1.29 is 4.39 Å². The summed E-state index contributed by atoms with van der Waals surface area (Å²) in [6.07, 6.45) is 1.97. The molecular formula is C11H14FN. The molecule has 0 aliphatic heterocycles. The zero-order chi connectivity index (χ0) is 9.47. The number of nitrogen functional groups attached to an aromatic ring is 1. The summed E-state index contributed by atoms with van der Waals surface area (Å²) in [5.41, 5.74) is 5.72. The minimum atomic E-state index is -1.23. The highest BCUT2D eigenvalue weighted by Crippen LogP contribution is 2.49. The van der Waals surface area contributed by atoms with Crippen molar-refractivity contribution in [3.63, 3.8) is 0 Å². The van der Waals surface area contributed by atoms with Crippen LogP contribution in [0.2, 0.25) is 0 Å². The number of hydrogen-bond donors (Lipinski definition) is 1. The van der Waals surface area contributed by atoms with Crippen LogP contribution in [0.15, 0.2) is 24.3 Å². The lowest BCUT2D eigenvalue weighted by Gasteiger charge is -2.21. The number of hydrogen-bond acceptors (Lipinski definition) is 1. The van der Waals surface area contributed by atoms with Gasteiger partial charge in [0.2, 0.25) is 0 Å². The van der Waals surface area contributed by atoms with E-state index >= 15 is 0 Å². The number of rotatable bonds is 2. The van der Waals surface area contributed by atoms with Crippen molar-refractivity contribution in [2.24, 2.45) is 5.92 Å². The van der Waals surface area contributed by atoms with Gasteiger partial charge in [0, 0.05) is 11.3 Å². The quantitative estimate of drug-likeness (QED) is 0.694. The fraction of sp³-hybridized carbons (Fsp3) is 0.455. The Balaban J connectivity index is 2.38. The van der Waals surface area contributed by atoms with Crippen LogP contribution in [0.5, 0.6) is 0 Å². The number of para-hydroxylation sites is 1. The van der Waals surface area contributed by atoms with E-state index in [2.05, 4.69) is 0 Å². The van der Waals surface area contributed by atoms with Gasteiger partial charge in [-0.1, -0.05) is 18.2 Å². The van der Waals surface area contributed by atoms with Crippen molar-refractivity contribution in [3.05, 3.63) is 29.8 Å². The molecule has 0 spiro atoms. The Kier molecular flexibility index (Phi) is 1.79. The van der Waals surface area contributed by atoms with E-state index in [1.807, 2.05) is 12.1 Å². The van der Waals surface area contributed by atoms with Crippen LogP contribution in [-0.4, -0.2) is 0 Å². The summed E-state index contributed by atoms with van der Waals surface area (Å²) in [5.74, 6) is 0.178. The maximum absolute atomic E-state index is 14.2. The molecule has 0 heterocycles. The van der Waals surface area contributed by atoms with Gasteiger partial charge in [-0.3, -0.25) is 0 Å². The van der Waals surface area contributed by atoms with Gasteiger partial charge in [0.25, 0.3) is 0 Å². The lowest BCUT2D eigenvalue weighted by molar-refractivity contribution is 0.159. The van der Waals surface area contributed by atoms with E-state index in [0.717, 1.165) is 12.8 Å². The molecule has 0 saturated heterocycles. The molecule has 1 nitrogen and oxygen atoms in total. The summed E-state index contributed by atoms with van der Waals surface area (Å²) < 4.78 is 14.2. The molecule has 2 heteroatoms. The Bertz CT molecular complexity index is 316. The van der Waals surface area contributed by atoms with Crippen LogP contribution in [0.1, 0.15) is 25.3 Å². The summed E-state index contributed by atoms with van der Waals surface area (Å²) in [4.78, 5) is 0. The summed E-state index contributed by atoms with van der Waals surface area (Å²) in [6, 6.07) is 7.22. The number of halogens is 1. The zero-order valence-electron chi connectivity index (χ0n) is 7.76. The minimum absolute atomic E-state index is 0.178. The highest BCUT2D eigenvalue weighted by molar-refractivity contribution is 5.50. The molecule has 1 atom stereocenters. The molecule has 0 amide bonds. The second-order valence-corrected chi connectivity index (χ2v) is 3.94. The van der Waals surface area contributed by atoms with Gasteiger partial charge in [-0.15, -0.1) is 0 Å². The summed E-state index contributed by atoms with van der Waals surface area (Å²) in [7, 11) is 0. The van der Waals surface area contributed by atoms with E-state index in [1.54, 1.807) is 19.1 Å². The molecule has 1 aromatic carbocycles. The summed E-state index contributed by atoms with van der Waals surface area (Å²) >= 11 is 0. The number of nitrogens with two attached hydrogens (primary N) is 1. The van der Waals surface area contributed by atoms with Crippen LogP contribution in [0.4, 0.5) is 10.1 Å². The largest absolute Gasteiger partial charge is 0.398 e. The van der Waals surface area contributed by atoms with Crippen molar-refractivity contribution >= 4 is 5.69 Å². The van der Waals surface area contributed by atoms with E-state index in [9.17, 15) is 4.39 Å². The fourth-order valence-electron chi connectivity index (χ4n) is 1.79. The van der Waals surface area contributed by atoms with Gasteiger partial charge in [0.1, 0.15) is 5.67 Å². The first-order valence-corrected chi connectivity index (χ1v) is 4.66. The first kappa shape index (κ1) is 8.54. The molecule has 2 N–H and O–H groups in total. The Labute approximate surface area is 77.8 Å². The number of alkyl halides is 1. The first-order chi connectivity index (χ1) is 6.12. The molecule has 1 fully saturated rings. The Hall–Kier alpha value is -1.05. The first-order valence-electron chi connectivity index (χ1n) is 4.66. The summed E-state index contributed by atoms with van der Waals surface area (Å²) in [5, 5.41) is 0. The van der Waals surface area contributed by atoms with E-state index in [1.165, 1.54) is 0 Å². The average Bonchev–Trinajstić information content (AvgIpc) is 2.86. The van der Waals surface area contributed by atoms with Crippen LogP contribution in [-0.2, 0) is 5.67 Å². The third kappa shape index (κ3) is 1.41. The molecule has 1 aromatic rings. The van der Waals surface area contributed by atoms with Crippen LogP contribution >= 0.6 is 0 Å². The predicted molar refractivity (Wildman–Crippen MR) is 52.0 cm³/mol. The van der Waals surface area contributed by atoms with Gasteiger partial charge in [0.15, 0.2) is 0 Å². The number of anilines is 1. The van der Waals surface area contributed by atoms with Crippen molar-refractivity contribution in [2.45, 2.75) is 25.4 Å². The summed E-state index contributed by atoms with van der Waals surface area (Å²) in [6.45, 7) is 1.64. The fourth-order valence-corrected chi connectivity index (χ4v) is 1.79. The topological polar surface area (TPSA) is 26.0 Å². The van der Waals surface area contributed by atoms with Gasteiger partial charge in [-0.2, -0.15) is 0 Å². The van der Waals surface area contributed by atoms with Crippen LogP contribution in [0.25, 0.3) is 0 Å². The Morgan fingerprint density at radius 2 is 2.00 bits per heavy atom. The van der Waals surface area contributed by atoms with Gasteiger partial charge < -0.3 is 5.73 Å². The van der Waals surface area contributed by atoms with Gasteiger partial charge in [-0.05, 0) is 31.7 Å². The third-order valence-electron chi connectivity index (χ3n) is 2.83. The van der Waals surface area contributed by atoms with Gasteiger partial charge >= 0.3 is 0 Å². The van der Waals surface area contributed by atoms with Gasteiger partial charge in [-0.25, -0.2) is 4.39 Å². The van der Waals surface area contributed by atoms with Crippen molar-refractivity contribution in [3.8, 4) is 0 Å². The van der Waals surface area contributed by atoms with E-state index in [0.29, 0.717) is 11.3 Å². The molecule has 70 valence electrons. The van der Waals surface area contributed by atoms with Crippen molar-refractivity contribution in [1.82, 2.24) is 0 Å². The SMILES string of the molecule is CC(F)(c1ccccc1N)C1CC1. The maximum Gasteiger partial charge on any atom is 0.138 e. The Morgan fingerprint density at radius 1 is 1.38 bits per heavy atom. The molecule has 1 aliphatic rings. The third-order valence-corrected chi connectivity index (χ3v) is 2.83. The zero-order valence-corrected chi connectivity index (χ0v) is 7.76. The van der Waals surface area contributed by atoms with Crippen LogP contribution in [0.3, 0.4) is 0 Å². The predicted octanol–water partition coefficient (Wildman–Crippen LogP) is 2.86. The van der Waals surface area contributed by atoms with Crippen LogP contribution < -0.4 is 5.73 Å². The van der Waals surface area contributed by atoms with Gasteiger partial charge in [0.05, 0.1) is 0 Å². The second kappa shape index (κ2) is 2.72. The standard InChI is InChI=1S/C11H14FN/c1-11(12,8-6-7-8)9-4-2-3-5-10(9)13/h2-5,8H,6-7,13H2,1H3. The molecule has 1 unspecified atom stereocenters. The highest BCUT2D eigenvalue weighted by Gasteiger charge is 2.44. The smallest absolute Gasteiger partial charge is 0.138 e. The molecule has 1 saturated carbocycles.